The lowest BCUT2D eigenvalue weighted by atomic mass is 9.93. The molecule has 17 heavy (non-hydrogen) atoms. The Balaban J connectivity index is 4.73. The maximum Gasteiger partial charge on any atom is 0.233 e. The Morgan fingerprint density at radius 1 is 1.41 bits per heavy atom. The van der Waals surface area contributed by atoms with Gasteiger partial charge in [0.2, 0.25) is 5.91 Å². The molecule has 0 heterocycles. The SMILES string of the molecule is CCC(C)CN(C)C(=O)C(/C(N)=N/O)C(C)C. The van der Waals surface area contributed by atoms with Crippen molar-refractivity contribution in [3.63, 3.8) is 0 Å². The summed E-state index contributed by atoms with van der Waals surface area (Å²) in [5.41, 5.74) is 5.57. The molecule has 0 radical (unpaired) electrons. The predicted octanol–water partition coefficient (Wildman–Crippen LogP) is 1.51. The lowest BCUT2D eigenvalue weighted by molar-refractivity contribution is -0.133. The topological polar surface area (TPSA) is 78.9 Å². The highest BCUT2D eigenvalue weighted by Crippen LogP contribution is 2.15. The number of nitrogens with zero attached hydrogens (tertiary/aromatic N) is 2. The molecule has 0 spiro atoms. The summed E-state index contributed by atoms with van der Waals surface area (Å²) in [6, 6.07) is 0. The second-order valence-electron chi connectivity index (χ2n) is 4.98. The van der Waals surface area contributed by atoms with Crippen LogP contribution in [0.5, 0.6) is 0 Å². The summed E-state index contributed by atoms with van der Waals surface area (Å²) in [6.45, 7) is 8.65. The number of hydrogen-bond donors (Lipinski definition) is 2. The average molecular weight is 243 g/mol. The molecule has 0 aliphatic heterocycles. The molecule has 3 N–H and O–H groups in total. The molecular formula is C12H25N3O2. The van der Waals surface area contributed by atoms with Crippen LogP contribution in [0.1, 0.15) is 34.1 Å². The van der Waals surface area contributed by atoms with E-state index in [2.05, 4.69) is 19.0 Å². The van der Waals surface area contributed by atoms with Crippen LogP contribution >= 0.6 is 0 Å². The summed E-state index contributed by atoms with van der Waals surface area (Å²) >= 11 is 0. The molecule has 0 aromatic heterocycles. The molecule has 0 saturated carbocycles. The quantitative estimate of drug-likeness (QED) is 0.321. The summed E-state index contributed by atoms with van der Waals surface area (Å²) in [5.74, 6) is -0.188. The maximum absolute atomic E-state index is 12.2. The molecule has 0 aromatic carbocycles. The van der Waals surface area contributed by atoms with E-state index in [0.29, 0.717) is 12.5 Å². The third-order valence-electron chi connectivity index (χ3n) is 3.03. The molecule has 5 nitrogen and oxygen atoms in total. The van der Waals surface area contributed by atoms with Gasteiger partial charge in [0.05, 0.1) is 0 Å². The van der Waals surface area contributed by atoms with Gasteiger partial charge in [-0.2, -0.15) is 0 Å². The minimum Gasteiger partial charge on any atom is -0.409 e. The van der Waals surface area contributed by atoms with E-state index in [-0.39, 0.29) is 17.7 Å². The highest BCUT2D eigenvalue weighted by atomic mass is 16.4. The molecule has 0 bridgehead atoms. The number of rotatable bonds is 6. The van der Waals surface area contributed by atoms with Gasteiger partial charge in [-0.1, -0.05) is 39.3 Å². The van der Waals surface area contributed by atoms with Crippen LogP contribution in [0.3, 0.4) is 0 Å². The van der Waals surface area contributed by atoms with E-state index in [1.54, 1.807) is 11.9 Å². The van der Waals surface area contributed by atoms with Crippen molar-refractivity contribution in [1.82, 2.24) is 4.90 Å². The van der Waals surface area contributed by atoms with E-state index in [1.807, 2.05) is 13.8 Å². The largest absolute Gasteiger partial charge is 0.409 e. The number of amides is 1. The first kappa shape index (κ1) is 15.7. The zero-order valence-electron chi connectivity index (χ0n) is 11.5. The zero-order valence-corrected chi connectivity index (χ0v) is 11.5. The van der Waals surface area contributed by atoms with E-state index in [9.17, 15) is 4.79 Å². The van der Waals surface area contributed by atoms with Crippen LogP contribution in [0.4, 0.5) is 0 Å². The number of carbonyl (C=O) groups excluding carboxylic acids is 1. The number of nitrogens with two attached hydrogens (primary N) is 1. The average Bonchev–Trinajstić information content (AvgIpc) is 2.27. The van der Waals surface area contributed by atoms with Crippen LogP contribution in [0.2, 0.25) is 0 Å². The van der Waals surface area contributed by atoms with E-state index < -0.39 is 5.92 Å². The normalized spacial score (nSPS) is 15.8. The molecule has 0 fully saturated rings. The first-order valence-electron chi connectivity index (χ1n) is 6.07. The molecule has 0 saturated heterocycles. The van der Waals surface area contributed by atoms with Gasteiger partial charge in [-0.15, -0.1) is 0 Å². The molecule has 2 atom stereocenters. The second kappa shape index (κ2) is 7.14. The highest BCUT2D eigenvalue weighted by Gasteiger charge is 2.29. The van der Waals surface area contributed by atoms with E-state index in [1.165, 1.54) is 0 Å². The standard InChI is InChI=1S/C12H25N3O2/c1-6-9(4)7-15(5)12(16)10(8(2)3)11(13)14-17/h8-10,17H,6-7H2,1-5H3,(H2,13,14). The van der Waals surface area contributed by atoms with Crippen molar-refractivity contribution in [2.75, 3.05) is 13.6 Å². The van der Waals surface area contributed by atoms with Gasteiger partial charge in [0.25, 0.3) is 0 Å². The molecule has 0 aromatic rings. The lowest BCUT2D eigenvalue weighted by Gasteiger charge is -2.27. The van der Waals surface area contributed by atoms with Gasteiger partial charge < -0.3 is 15.8 Å². The van der Waals surface area contributed by atoms with Crippen molar-refractivity contribution in [1.29, 1.82) is 0 Å². The molecule has 5 heteroatoms. The van der Waals surface area contributed by atoms with Gasteiger partial charge in [-0.3, -0.25) is 4.79 Å². The Kier molecular flexibility index (Phi) is 6.61. The van der Waals surface area contributed by atoms with Gasteiger partial charge in [-0.25, -0.2) is 0 Å². The Bertz CT molecular complexity index is 277. The Morgan fingerprint density at radius 2 is 1.94 bits per heavy atom. The van der Waals surface area contributed by atoms with Crippen LogP contribution in [-0.4, -0.2) is 35.4 Å². The predicted molar refractivity (Wildman–Crippen MR) is 68.8 cm³/mol. The van der Waals surface area contributed by atoms with Crippen LogP contribution in [0, 0.1) is 17.8 Å². The van der Waals surface area contributed by atoms with Crippen molar-refractivity contribution in [2.45, 2.75) is 34.1 Å². The molecule has 0 rings (SSSR count). The van der Waals surface area contributed by atoms with Crippen LogP contribution in [0.15, 0.2) is 5.16 Å². The van der Waals surface area contributed by atoms with E-state index >= 15 is 0 Å². The number of amidine groups is 1. The summed E-state index contributed by atoms with van der Waals surface area (Å²) in [4.78, 5) is 13.9. The summed E-state index contributed by atoms with van der Waals surface area (Å²) in [6.07, 6.45) is 1.02. The maximum atomic E-state index is 12.2. The summed E-state index contributed by atoms with van der Waals surface area (Å²) in [7, 11) is 1.76. The van der Waals surface area contributed by atoms with Crippen molar-refractivity contribution >= 4 is 11.7 Å². The third kappa shape index (κ3) is 4.63. The minimum absolute atomic E-state index is 0.0118. The van der Waals surface area contributed by atoms with Crippen LogP contribution in [-0.2, 0) is 4.79 Å². The van der Waals surface area contributed by atoms with Crippen molar-refractivity contribution in [2.24, 2.45) is 28.6 Å². The molecule has 100 valence electrons. The molecular weight excluding hydrogens is 218 g/mol. The third-order valence-corrected chi connectivity index (χ3v) is 3.03. The van der Waals surface area contributed by atoms with Gasteiger partial charge in [-0.05, 0) is 11.8 Å². The molecule has 0 aliphatic carbocycles. The first-order valence-corrected chi connectivity index (χ1v) is 6.07. The smallest absolute Gasteiger partial charge is 0.233 e. The molecule has 0 aliphatic rings. The summed E-state index contributed by atoms with van der Waals surface area (Å²) in [5, 5.41) is 11.7. The van der Waals surface area contributed by atoms with Crippen LogP contribution in [0.25, 0.3) is 0 Å². The van der Waals surface area contributed by atoms with Crippen molar-refractivity contribution in [3.8, 4) is 0 Å². The molecule has 2 unspecified atom stereocenters. The highest BCUT2D eigenvalue weighted by molar-refractivity contribution is 6.02. The van der Waals surface area contributed by atoms with Crippen LogP contribution < -0.4 is 5.73 Å². The van der Waals surface area contributed by atoms with E-state index in [0.717, 1.165) is 6.42 Å². The van der Waals surface area contributed by atoms with Gasteiger partial charge in [0.1, 0.15) is 5.92 Å². The fraction of sp³-hybridized carbons (Fsp3) is 0.833. The Labute approximate surface area is 104 Å². The van der Waals surface area contributed by atoms with Gasteiger partial charge >= 0.3 is 0 Å². The summed E-state index contributed by atoms with van der Waals surface area (Å²) < 4.78 is 0. The van der Waals surface area contributed by atoms with Crippen molar-refractivity contribution in [3.05, 3.63) is 0 Å². The van der Waals surface area contributed by atoms with Gasteiger partial charge in [0.15, 0.2) is 5.84 Å². The second-order valence-corrected chi connectivity index (χ2v) is 4.98. The zero-order chi connectivity index (χ0) is 13.6. The Hall–Kier alpha value is -1.26. The lowest BCUT2D eigenvalue weighted by Crippen LogP contribution is -2.44. The van der Waals surface area contributed by atoms with E-state index in [4.69, 9.17) is 10.9 Å². The van der Waals surface area contributed by atoms with Gasteiger partial charge in [0, 0.05) is 13.6 Å². The number of oxime groups is 1. The Morgan fingerprint density at radius 3 is 2.29 bits per heavy atom. The minimum atomic E-state index is -0.547. The molecule has 1 amide bonds. The number of carbonyl (C=O) groups is 1. The first-order chi connectivity index (χ1) is 7.84. The fourth-order valence-corrected chi connectivity index (χ4v) is 1.74. The number of hydrogen-bond acceptors (Lipinski definition) is 3. The fourth-order valence-electron chi connectivity index (χ4n) is 1.74. The van der Waals surface area contributed by atoms with Crippen molar-refractivity contribution < 1.29 is 10.0 Å². The monoisotopic (exact) mass is 243 g/mol.